The molecule has 100 valence electrons. The summed E-state index contributed by atoms with van der Waals surface area (Å²) in [5, 5.41) is 3.50. The van der Waals surface area contributed by atoms with E-state index in [4.69, 9.17) is 4.74 Å². The Morgan fingerprint density at radius 3 is 2.89 bits per heavy atom. The van der Waals surface area contributed by atoms with Gasteiger partial charge in [0, 0.05) is 38.8 Å². The van der Waals surface area contributed by atoms with E-state index in [0.29, 0.717) is 12.1 Å². The van der Waals surface area contributed by atoms with Gasteiger partial charge in [-0.15, -0.1) is 0 Å². The Kier molecular flexibility index (Phi) is 5.17. The molecule has 0 amide bonds. The average molecular weight is 248 g/mol. The van der Waals surface area contributed by atoms with Crippen molar-refractivity contribution >= 4 is 0 Å². The quantitative estimate of drug-likeness (QED) is 0.855. The summed E-state index contributed by atoms with van der Waals surface area (Å²) in [5.41, 5.74) is 1.42. The Morgan fingerprint density at radius 2 is 2.17 bits per heavy atom. The minimum atomic E-state index is 0.491. The number of rotatable bonds is 5. The molecule has 0 saturated carbocycles. The summed E-state index contributed by atoms with van der Waals surface area (Å²) >= 11 is 0. The van der Waals surface area contributed by atoms with Crippen molar-refractivity contribution in [2.45, 2.75) is 25.4 Å². The summed E-state index contributed by atoms with van der Waals surface area (Å²) < 4.78 is 5.29. The fourth-order valence-electron chi connectivity index (χ4n) is 2.77. The lowest BCUT2D eigenvalue weighted by Gasteiger charge is -2.40. The van der Waals surface area contributed by atoms with Gasteiger partial charge in [-0.3, -0.25) is 4.90 Å². The molecule has 1 fully saturated rings. The molecule has 2 atom stereocenters. The normalized spacial score (nSPS) is 22.9. The van der Waals surface area contributed by atoms with Crippen LogP contribution >= 0.6 is 0 Å². The lowest BCUT2D eigenvalue weighted by atomic mass is 10.0. The highest BCUT2D eigenvalue weighted by molar-refractivity contribution is 5.16. The molecule has 1 aromatic carbocycles. The molecule has 1 saturated heterocycles. The molecule has 1 N–H and O–H groups in total. The molecule has 0 spiro atoms. The first kappa shape index (κ1) is 13.5. The molecule has 0 aliphatic carbocycles. The van der Waals surface area contributed by atoms with Gasteiger partial charge in [0.05, 0.1) is 6.61 Å². The van der Waals surface area contributed by atoms with Gasteiger partial charge in [0.25, 0.3) is 0 Å². The summed E-state index contributed by atoms with van der Waals surface area (Å²) in [6, 6.07) is 11.8. The first-order valence-electron chi connectivity index (χ1n) is 6.80. The van der Waals surface area contributed by atoms with Crippen LogP contribution in [0.2, 0.25) is 0 Å². The summed E-state index contributed by atoms with van der Waals surface area (Å²) in [6.45, 7) is 6.34. The maximum absolute atomic E-state index is 5.29. The molecular formula is C15H24N2O. The molecule has 3 nitrogen and oxygen atoms in total. The number of methoxy groups -OCH3 is 1. The van der Waals surface area contributed by atoms with E-state index in [1.54, 1.807) is 7.11 Å². The SMILES string of the molecule is COCC(C)N1CCNCC1Cc1ccccc1. The van der Waals surface area contributed by atoms with Crippen molar-refractivity contribution in [3.8, 4) is 0 Å². The van der Waals surface area contributed by atoms with Crippen LogP contribution in [-0.4, -0.2) is 50.3 Å². The molecule has 0 bridgehead atoms. The molecular weight excluding hydrogens is 224 g/mol. The number of nitrogens with zero attached hydrogens (tertiary/aromatic N) is 1. The largest absolute Gasteiger partial charge is 0.383 e. The topological polar surface area (TPSA) is 24.5 Å². The smallest absolute Gasteiger partial charge is 0.0615 e. The molecule has 0 radical (unpaired) electrons. The van der Waals surface area contributed by atoms with Crippen LogP contribution in [0, 0.1) is 0 Å². The van der Waals surface area contributed by atoms with Crippen LogP contribution in [0.1, 0.15) is 12.5 Å². The second kappa shape index (κ2) is 6.88. The van der Waals surface area contributed by atoms with Gasteiger partial charge in [-0.25, -0.2) is 0 Å². The van der Waals surface area contributed by atoms with E-state index in [0.717, 1.165) is 32.7 Å². The predicted octanol–water partition coefficient (Wildman–Crippen LogP) is 1.54. The number of hydrogen-bond acceptors (Lipinski definition) is 3. The Balaban J connectivity index is 1.99. The van der Waals surface area contributed by atoms with Crippen LogP contribution in [0.3, 0.4) is 0 Å². The van der Waals surface area contributed by atoms with E-state index >= 15 is 0 Å². The number of piperazine rings is 1. The predicted molar refractivity (Wildman–Crippen MR) is 74.8 cm³/mol. The van der Waals surface area contributed by atoms with Gasteiger partial charge in [-0.1, -0.05) is 30.3 Å². The third-order valence-corrected chi connectivity index (χ3v) is 3.68. The van der Waals surface area contributed by atoms with Crippen LogP contribution in [0.25, 0.3) is 0 Å². The monoisotopic (exact) mass is 248 g/mol. The molecule has 18 heavy (non-hydrogen) atoms. The van der Waals surface area contributed by atoms with Crippen LogP contribution in [0.4, 0.5) is 0 Å². The highest BCUT2D eigenvalue weighted by atomic mass is 16.5. The number of nitrogens with one attached hydrogen (secondary N) is 1. The van der Waals surface area contributed by atoms with Gasteiger partial charge in [0.1, 0.15) is 0 Å². The number of ether oxygens (including phenoxy) is 1. The summed E-state index contributed by atoms with van der Waals surface area (Å²) in [4.78, 5) is 2.58. The standard InChI is InChI=1S/C15H24N2O/c1-13(12-18-2)17-9-8-16-11-15(17)10-14-6-4-3-5-7-14/h3-7,13,15-16H,8-12H2,1-2H3. The minimum absolute atomic E-state index is 0.491. The van der Waals surface area contributed by atoms with E-state index in [1.807, 2.05) is 0 Å². The Morgan fingerprint density at radius 1 is 1.39 bits per heavy atom. The Labute approximate surface area is 110 Å². The Hall–Kier alpha value is -0.900. The number of benzene rings is 1. The molecule has 1 aliphatic heterocycles. The van der Waals surface area contributed by atoms with Gasteiger partial charge in [-0.05, 0) is 18.9 Å². The fourth-order valence-corrected chi connectivity index (χ4v) is 2.77. The summed E-state index contributed by atoms with van der Waals surface area (Å²) in [7, 11) is 1.78. The lowest BCUT2D eigenvalue weighted by Crippen LogP contribution is -2.56. The van der Waals surface area contributed by atoms with Gasteiger partial charge >= 0.3 is 0 Å². The van der Waals surface area contributed by atoms with Gasteiger partial charge in [0.15, 0.2) is 0 Å². The number of hydrogen-bond donors (Lipinski definition) is 1. The van der Waals surface area contributed by atoms with Gasteiger partial charge in [0.2, 0.25) is 0 Å². The van der Waals surface area contributed by atoms with Crippen molar-refractivity contribution in [2.75, 3.05) is 33.4 Å². The molecule has 0 aromatic heterocycles. The van der Waals surface area contributed by atoms with Crippen molar-refractivity contribution in [2.24, 2.45) is 0 Å². The zero-order valence-corrected chi connectivity index (χ0v) is 11.4. The van der Waals surface area contributed by atoms with Crippen LogP contribution in [-0.2, 0) is 11.2 Å². The van der Waals surface area contributed by atoms with Crippen LogP contribution < -0.4 is 5.32 Å². The van der Waals surface area contributed by atoms with E-state index in [1.165, 1.54) is 5.56 Å². The maximum atomic E-state index is 5.29. The average Bonchev–Trinajstić information content (AvgIpc) is 2.41. The lowest BCUT2D eigenvalue weighted by molar-refractivity contribution is 0.0557. The van der Waals surface area contributed by atoms with Crippen molar-refractivity contribution in [1.29, 1.82) is 0 Å². The van der Waals surface area contributed by atoms with Crippen molar-refractivity contribution in [1.82, 2.24) is 10.2 Å². The molecule has 3 heteroatoms. The molecule has 1 heterocycles. The first-order chi connectivity index (χ1) is 8.81. The zero-order chi connectivity index (χ0) is 12.8. The van der Waals surface area contributed by atoms with E-state index in [-0.39, 0.29) is 0 Å². The van der Waals surface area contributed by atoms with Crippen LogP contribution in [0.15, 0.2) is 30.3 Å². The van der Waals surface area contributed by atoms with Gasteiger partial charge < -0.3 is 10.1 Å². The highest BCUT2D eigenvalue weighted by Crippen LogP contribution is 2.14. The van der Waals surface area contributed by atoms with Crippen molar-refractivity contribution < 1.29 is 4.74 Å². The maximum Gasteiger partial charge on any atom is 0.0615 e. The van der Waals surface area contributed by atoms with E-state index < -0.39 is 0 Å². The van der Waals surface area contributed by atoms with Crippen LogP contribution in [0.5, 0.6) is 0 Å². The minimum Gasteiger partial charge on any atom is -0.383 e. The summed E-state index contributed by atoms with van der Waals surface area (Å²) in [6.07, 6.45) is 1.11. The fraction of sp³-hybridized carbons (Fsp3) is 0.600. The molecule has 2 unspecified atom stereocenters. The molecule has 1 aromatic rings. The second-order valence-electron chi connectivity index (χ2n) is 5.09. The second-order valence-corrected chi connectivity index (χ2v) is 5.09. The van der Waals surface area contributed by atoms with Gasteiger partial charge in [-0.2, -0.15) is 0 Å². The zero-order valence-electron chi connectivity index (χ0n) is 11.4. The third-order valence-electron chi connectivity index (χ3n) is 3.68. The molecule has 1 aliphatic rings. The summed E-state index contributed by atoms with van der Waals surface area (Å²) in [5.74, 6) is 0. The van der Waals surface area contributed by atoms with E-state index in [9.17, 15) is 0 Å². The van der Waals surface area contributed by atoms with E-state index in [2.05, 4.69) is 47.5 Å². The first-order valence-corrected chi connectivity index (χ1v) is 6.80. The van der Waals surface area contributed by atoms with Crippen molar-refractivity contribution in [3.63, 3.8) is 0 Å². The third kappa shape index (κ3) is 3.55. The van der Waals surface area contributed by atoms with Crippen molar-refractivity contribution in [3.05, 3.63) is 35.9 Å². The molecule has 2 rings (SSSR count). The highest BCUT2D eigenvalue weighted by Gasteiger charge is 2.26. The Bertz CT molecular complexity index is 342.